The highest BCUT2D eigenvalue weighted by Gasteiger charge is 2.05. The SMILES string of the molecule is O=c1ccnc(-c2sccc2Br)[nH]1. The van der Waals surface area contributed by atoms with E-state index in [1.165, 1.54) is 23.6 Å². The first-order valence-corrected chi connectivity index (χ1v) is 5.23. The van der Waals surface area contributed by atoms with Gasteiger partial charge in [-0.15, -0.1) is 11.3 Å². The summed E-state index contributed by atoms with van der Waals surface area (Å²) in [6, 6.07) is 3.32. The number of hydrogen-bond acceptors (Lipinski definition) is 3. The van der Waals surface area contributed by atoms with E-state index >= 15 is 0 Å². The summed E-state index contributed by atoms with van der Waals surface area (Å²) < 4.78 is 0.951. The molecule has 1 N–H and O–H groups in total. The van der Waals surface area contributed by atoms with E-state index in [2.05, 4.69) is 25.9 Å². The molecular formula is C8H5BrN2OS. The third kappa shape index (κ3) is 1.71. The second-order valence-corrected chi connectivity index (χ2v) is 4.15. The molecule has 0 aliphatic heterocycles. The Hall–Kier alpha value is -0.940. The van der Waals surface area contributed by atoms with Crippen LogP contribution in [0.15, 0.2) is 33.0 Å². The number of thiophene rings is 1. The Labute approximate surface area is 86.6 Å². The lowest BCUT2D eigenvalue weighted by Crippen LogP contribution is -2.05. The Balaban J connectivity index is 2.59. The molecule has 0 bridgehead atoms. The minimum Gasteiger partial charge on any atom is -0.306 e. The van der Waals surface area contributed by atoms with Gasteiger partial charge in [0.05, 0.1) is 4.88 Å². The van der Waals surface area contributed by atoms with Gasteiger partial charge in [0.25, 0.3) is 5.56 Å². The first kappa shape index (κ1) is 8.65. The Kier molecular flexibility index (Phi) is 2.28. The maximum atomic E-state index is 11.0. The topological polar surface area (TPSA) is 45.8 Å². The van der Waals surface area contributed by atoms with Crippen molar-refractivity contribution in [3.63, 3.8) is 0 Å². The van der Waals surface area contributed by atoms with Gasteiger partial charge in [-0.1, -0.05) is 0 Å². The van der Waals surface area contributed by atoms with Gasteiger partial charge < -0.3 is 4.98 Å². The first-order valence-electron chi connectivity index (χ1n) is 3.56. The van der Waals surface area contributed by atoms with Crippen molar-refractivity contribution >= 4 is 27.3 Å². The van der Waals surface area contributed by atoms with Gasteiger partial charge in [-0.3, -0.25) is 4.79 Å². The molecule has 2 rings (SSSR count). The fourth-order valence-corrected chi connectivity index (χ4v) is 2.46. The zero-order valence-corrected chi connectivity index (χ0v) is 8.85. The maximum Gasteiger partial charge on any atom is 0.251 e. The largest absolute Gasteiger partial charge is 0.306 e. The molecular weight excluding hydrogens is 252 g/mol. The van der Waals surface area contributed by atoms with Crippen molar-refractivity contribution in [1.29, 1.82) is 0 Å². The molecule has 13 heavy (non-hydrogen) atoms. The molecule has 0 saturated heterocycles. The van der Waals surface area contributed by atoms with Crippen LogP contribution in [-0.2, 0) is 0 Å². The minimum absolute atomic E-state index is 0.134. The van der Waals surface area contributed by atoms with E-state index in [-0.39, 0.29) is 5.56 Å². The molecule has 0 atom stereocenters. The van der Waals surface area contributed by atoms with E-state index in [4.69, 9.17) is 0 Å². The first-order chi connectivity index (χ1) is 6.27. The second-order valence-electron chi connectivity index (χ2n) is 2.38. The zero-order chi connectivity index (χ0) is 9.26. The van der Waals surface area contributed by atoms with Crippen molar-refractivity contribution < 1.29 is 0 Å². The third-order valence-electron chi connectivity index (χ3n) is 1.50. The second kappa shape index (κ2) is 3.43. The van der Waals surface area contributed by atoms with E-state index in [9.17, 15) is 4.79 Å². The van der Waals surface area contributed by atoms with Crippen molar-refractivity contribution in [3.8, 4) is 10.7 Å². The minimum atomic E-state index is -0.134. The predicted octanol–water partition coefficient (Wildman–Crippen LogP) is 2.26. The molecule has 5 heteroatoms. The molecule has 66 valence electrons. The Bertz CT molecular complexity index is 477. The Morgan fingerprint density at radius 3 is 2.92 bits per heavy atom. The lowest BCUT2D eigenvalue weighted by Gasteiger charge is -1.95. The highest BCUT2D eigenvalue weighted by Crippen LogP contribution is 2.30. The zero-order valence-electron chi connectivity index (χ0n) is 6.45. The number of aromatic amines is 1. The molecule has 0 aliphatic rings. The van der Waals surface area contributed by atoms with Crippen LogP contribution in [-0.4, -0.2) is 9.97 Å². The molecule has 2 aromatic rings. The molecule has 3 nitrogen and oxygen atoms in total. The van der Waals surface area contributed by atoms with Gasteiger partial charge in [0.15, 0.2) is 5.82 Å². The molecule has 0 aliphatic carbocycles. The van der Waals surface area contributed by atoms with Gasteiger partial charge in [0.1, 0.15) is 0 Å². The van der Waals surface area contributed by atoms with Crippen molar-refractivity contribution in [2.75, 3.05) is 0 Å². The van der Waals surface area contributed by atoms with Gasteiger partial charge in [-0.25, -0.2) is 4.98 Å². The van der Waals surface area contributed by atoms with Crippen molar-refractivity contribution in [2.45, 2.75) is 0 Å². The Morgan fingerprint density at radius 2 is 2.31 bits per heavy atom. The molecule has 0 unspecified atom stereocenters. The van der Waals surface area contributed by atoms with Crippen LogP contribution >= 0.6 is 27.3 Å². The predicted molar refractivity (Wildman–Crippen MR) is 55.9 cm³/mol. The lowest BCUT2D eigenvalue weighted by atomic mass is 10.4. The standard InChI is InChI=1S/C8H5BrN2OS/c9-5-2-4-13-7(5)8-10-3-1-6(12)11-8/h1-4H,(H,10,11,12). The monoisotopic (exact) mass is 256 g/mol. The highest BCUT2D eigenvalue weighted by molar-refractivity contribution is 9.10. The summed E-state index contributed by atoms with van der Waals surface area (Å²) in [5.74, 6) is 0.606. The average molecular weight is 257 g/mol. The third-order valence-corrected chi connectivity index (χ3v) is 3.35. The van der Waals surface area contributed by atoms with E-state index in [1.54, 1.807) is 0 Å². The van der Waals surface area contributed by atoms with Crippen LogP contribution in [0.3, 0.4) is 0 Å². The molecule has 0 saturated carbocycles. The number of aromatic nitrogens is 2. The van der Waals surface area contributed by atoms with Crippen LogP contribution in [0.4, 0.5) is 0 Å². The fraction of sp³-hybridized carbons (Fsp3) is 0. The summed E-state index contributed by atoms with van der Waals surface area (Å²) in [5, 5.41) is 1.94. The lowest BCUT2D eigenvalue weighted by molar-refractivity contribution is 1.13. The molecule has 0 aromatic carbocycles. The number of H-pyrrole nitrogens is 1. The number of nitrogens with one attached hydrogen (secondary N) is 1. The van der Waals surface area contributed by atoms with Crippen molar-refractivity contribution in [1.82, 2.24) is 9.97 Å². The quantitative estimate of drug-likeness (QED) is 0.851. The highest BCUT2D eigenvalue weighted by atomic mass is 79.9. The summed E-state index contributed by atoms with van der Waals surface area (Å²) in [7, 11) is 0. The normalized spacial score (nSPS) is 10.2. The van der Waals surface area contributed by atoms with E-state index in [1.807, 2.05) is 11.4 Å². The van der Waals surface area contributed by atoms with Crippen LogP contribution in [0, 0.1) is 0 Å². The van der Waals surface area contributed by atoms with Gasteiger partial charge in [-0.05, 0) is 27.4 Å². The molecule has 2 heterocycles. The summed E-state index contributed by atoms with van der Waals surface area (Å²) >= 11 is 4.91. The number of halogens is 1. The summed E-state index contributed by atoms with van der Waals surface area (Å²) in [6.07, 6.45) is 1.50. The van der Waals surface area contributed by atoms with Crippen LogP contribution in [0.5, 0.6) is 0 Å². The van der Waals surface area contributed by atoms with Crippen LogP contribution in [0.1, 0.15) is 0 Å². The summed E-state index contributed by atoms with van der Waals surface area (Å²) in [5.41, 5.74) is -0.134. The Morgan fingerprint density at radius 1 is 1.46 bits per heavy atom. The number of rotatable bonds is 1. The van der Waals surface area contributed by atoms with E-state index in [0.29, 0.717) is 5.82 Å². The summed E-state index contributed by atoms with van der Waals surface area (Å²) in [6.45, 7) is 0. The fourth-order valence-electron chi connectivity index (χ4n) is 0.948. The van der Waals surface area contributed by atoms with Gasteiger partial charge in [0, 0.05) is 16.7 Å². The van der Waals surface area contributed by atoms with Crippen LogP contribution in [0.25, 0.3) is 10.7 Å². The average Bonchev–Trinajstić information content (AvgIpc) is 2.51. The summed E-state index contributed by atoms with van der Waals surface area (Å²) in [4.78, 5) is 18.7. The maximum absolute atomic E-state index is 11.0. The van der Waals surface area contributed by atoms with E-state index < -0.39 is 0 Å². The van der Waals surface area contributed by atoms with Crippen molar-refractivity contribution in [2.24, 2.45) is 0 Å². The molecule has 2 aromatic heterocycles. The number of nitrogens with zero attached hydrogens (tertiary/aromatic N) is 1. The number of hydrogen-bond donors (Lipinski definition) is 1. The van der Waals surface area contributed by atoms with Crippen LogP contribution in [0.2, 0.25) is 0 Å². The van der Waals surface area contributed by atoms with Gasteiger partial charge in [0.2, 0.25) is 0 Å². The van der Waals surface area contributed by atoms with Gasteiger partial charge in [-0.2, -0.15) is 0 Å². The molecule has 0 amide bonds. The molecule has 0 radical (unpaired) electrons. The van der Waals surface area contributed by atoms with E-state index in [0.717, 1.165) is 9.35 Å². The molecule has 0 spiro atoms. The van der Waals surface area contributed by atoms with Crippen LogP contribution < -0.4 is 5.56 Å². The van der Waals surface area contributed by atoms with Crippen molar-refractivity contribution in [3.05, 3.63) is 38.5 Å². The van der Waals surface area contributed by atoms with Gasteiger partial charge >= 0.3 is 0 Å². The molecule has 0 fully saturated rings. The smallest absolute Gasteiger partial charge is 0.251 e.